The Balaban J connectivity index is 1.32. The number of aromatic nitrogens is 2. The maximum Gasteiger partial charge on any atom is 0.240 e. The monoisotopic (exact) mass is 416 g/mol. The minimum Gasteiger partial charge on any atom is -0.370 e. The average molecular weight is 417 g/mol. The van der Waals surface area contributed by atoms with Gasteiger partial charge in [-0.3, -0.25) is 4.79 Å². The molecule has 3 N–H and O–H groups in total. The second-order valence-electron chi connectivity index (χ2n) is 7.18. The summed E-state index contributed by atoms with van der Waals surface area (Å²) in [5.74, 6) is 0.576. The number of nitrogens with zero attached hydrogens (tertiary/aromatic N) is 3. The highest BCUT2D eigenvalue weighted by Crippen LogP contribution is 2.25. The zero-order chi connectivity index (χ0) is 20.3. The summed E-state index contributed by atoms with van der Waals surface area (Å²) in [6, 6.07) is 6.70. The van der Waals surface area contributed by atoms with Crippen molar-refractivity contribution in [2.75, 3.05) is 41.7 Å². The van der Waals surface area contributed by atoms with Crippen LogP contribution >= 0.6 is 0 Å². The second kappa shape index (κ2) is 8.34. The molecule has 1 aromatic carbocycles. The first kappa shape index (κ1) is 19.6. The van der Waals surface area contributed by atoms with E-state index in [1.165, 1.54) is 18.9 Å². The van der Waals surface area contributed by atoms with Gasteiger partial charge in [0, 0.05) is 44.4 Å². The highest BCUT2D eigenvalue weighted by molar-refractivity contribution is 7.89. The zero-order valence-electron chi connectivity index (χ0n) is 16.0. The number of hydrogen-bond acceptors (Lipinski definition) is 7. The molecule has 0 unspecified atom stereocenters. The molecular formula is C19H24N6O3S. The average Bonchev–Trinajstić information content (AvgIpc) is 3.26. The molecule has 0 atom stereocenters. The summed E-state index contributed by atoms with van der Waals surface area (Å²) in [7, 11) is -3.63. The van der Waals surface area contributed by atoms with Gasteiger partial charge < -0.3 is 15.5 Å². The Labute approximate surface area is 170 Å². The van der Waals surface area contributed by atoms with E-state index in [4.69, 9.17) is 0 Å². The van der Waals surface area contributed by atoms with Crippen molar-refractivity contribution in [3.63, 3.8) is 0 Å². The van der Waals surface area contributed by atoms with Gasteiger partial charge in [-0.2, -0.15) is 5.10 Å². The summed E-state index contributed by atoms with van der Waals surface area (Å²) < 4.78 is 27.7. The van der Waals surface area contributed by atoms with Crippen LogP contribution in [-0.4, -0.2) is 50.7 Å². The molecule has 0 aliphatic carbocycles. The van der Waals surface area contributed by atoms with Crippen LogP contribution in [0.15, 0.2) is 35.4 Å². The fraction of sp³-hybridized carbons (Fsp3) is 0.421. The van der Waals surface area contributed by atoms with Crippen LogP contribution < -0.4 is 20.3 Å². The van der Waals surface area contributed by atoms with Crippen molar-refractivity contribution in [2.24, 2.45) is 0 Å². The topological polar surface area (TPSA) is 116 Å². The third-order valence-electron chi connectivity index (χ3n) is 5.12. The Kier molecular flexibility index (Phi) is 5.63. The summed E-state index contributed by atoms with van der Waals surface area (Å²) in [4.78, 5) is 13.9. The standard InChI is InChI=1S/C19H24N6O3S/c26-19-6-3-14-11-16(4-5-17(14)23-19)29(27,28)22-8-7-20-18-12-15(13-21-24-18)25-9-1-2-10-25/h4-5,11-13,22H,1-3,6-10H2,(H,20,24)(H,23,26). The molecule has 0 saturated carbocycles. The molecule has 2 aromatic rings. The quantitative estimate of drug-likeness (QED) is 0.584. The number of anilines is 3. The number of aryl methyl sites for hydroxylation is 1. The molecule has 2 aliphatic heterocycles. The maximum absolute atomic E-state index is 12.6. The number of amides is 1. The normalized spacial score (nSPS) is 16.4. The molecule has 154 valence electrons. The first-order chi connectivity index (χ1) is 14.0. The number of sulfonamides is 1. The first-order valence-electron chi connectivity index (χ1n) is 9.75. The van der Waals surface area contributed by atoms with Crippen LogP contribution in [0.25, 0.3) is 0 Å². The van der Waals surface area contributed by atoms with Gasteiger partial charge in [0.2, 0.25) is 15.9 Å². The lowest BCUT2D eigenvalue weighted by atomic mass is 10.0. The molecule has 0 bridgehead atoms. The predicted octanol–water partition coefficient (Wildman–Crippen LogP) is 1.35. The van der Waals surface area contributed by atoms with Gasteiger partial charge in [0.15, 0.2) is 5.82 Å². The third kappa shape index (κ3) is 4.65. The van der Waals surface area contributed by atoms with Gasteiger partial charge in [-0.05, 0) is 43.0 Å². The highest BCUT2D eigenvalue weighted by Gasteiger charge is 2.19. The van der Waals surface area contributed by atoms with Gasteiger partial charge in [-0.25, -0.2) is 13.1 Å². The van der Waals surface area contributed by atoms with Gasteiger partial charge in [0.25, 0.3) is 0 Å². The molecule has 4 rings (SSSR count). The van der Waals surface area contributed by atoms with Gasteiger partial charge in [0.05, 0.1) is 16.8 Å². The van der Waals surface area contributed by atoms with E-state index < -0.39 is 10.0 Å². The van der Waals surface area contributed by atoms with Crippen LogP contribution in [0.3, 0.4) is 0 Å². The van der Waals surface area contributed by atoms with Crippen molar-refractivity contribution in [2.45, 2.75) is 30.6 Å². The van der Waals surface area contributed by atoms with E-state index in [1.54, 1.807) is 18.3 Å². The Bertz CT molecular complexity index is 1000. The molecule has 1 fully saturated rings. The van der Waals surface area contributed by atoms with Crippen molar-refractivity contribution in [1.82, 2.24) is 14.9 Å². The van der Waals surface area contributed by atoms with Gasteiger partial charge >= 0.3 is 0 Å². The van der Waals surface area contributed by atoms with Crippen LogP contribution in [0.1, 0.15) is 24.8 Å². The van der Waals surface area contributed by atoms with Crippen molar-refractivity contribution >= 4 is 33.1 Å². The highest BCUT2D eigenvalue weighted by atomic mass is 32.2. The summed E-state index contributed by atoms with van der Waals surface area (Å²) in [6.45, 7) is 2.65. The van der Waals surface area contributed by atoms with E-state index in [1.807, 2.05) is 6.07 Å². The van der Waals surface area contributed by atoms with Gasteiger partial charge in [0.1, 0.15) is 0 Å². The van der Waals surface area contributed by atoms with Crippen molar-refractivity contribution in [3.05, 3.63) is 36.0 Å². The third-order valence-corrected chi connectivity index (χ3v) is 6.58. The number of nitrogens with one attached hydrogen (secondary N) is 3. The van der Waals surface area contributed by atoms with E-state index in [0.717, 1.165) is 24.3 Å². The van der Waals surface area contributed by atoms with Crippen molar-refractivity contribution in [3.8, 4) is 0 Å². The SMILES string of the molecule is O=C1CCc2cc(S(=O)(=O)NCCNc3cc(N4CCCC4)cnn3)ccc2N1. The molecule has 9 nitrogen and oxygen atoms in total. The van der Waals surface area contributed by atoms with Crippen LogP contribution in [0, 0.1) is 0 Å². The van der Waals surface area contributed by atoms with Crippen LogP contribution in [0.5, 0.6) is 0 Å². The predicted molar refractivity (Wildman–Crippen MR) is 111 cm³/mol. The smallest absolute Gasteiger partial charge is 0.240 e. The van der Waals surface area contributed by atoms with E-state index in [2.05, 4.69) is 30.5 Å². The summed E-state index contributed by atoms with van der Waals surface area (Å²) in [5.41, 5.74) is 2.54. The molecule has 0 radical (unpaired) electrons. The molecule has 1 saturated heterocycles. The largest absolute Gasteiger partial charge is 0.370 e. The minimum absolute atomic E-state index is 0.0470. The van der Waals surface area contributed by atoms with Crippen LogP contribution in [0.2, 0.25) is 0 Å². The number of hydrogen-bond donors (Lipinski definition) is 3. The Morgan fingerprint density at radius 2 is 1.93 bits per heavy atom. The van der Waals surface area contributed by atoms with Gasteiger partial charge in [-0.15, -0.1) is 5.10 Å². The molecular weight excluding hydrogens is 392 g/mol. The van der Waals surface area contributed by atoms with Crippen molar-refractivity contribution < 1.29 is 13.2 Å². The Hall–Kier alpha value is -2.72. The van der Waals surface area contributed by atoms with E-state index in [9.17, 15) is 13.2 Å². The molecule has 10 heteroatoms. The summed E-state index contributed by atoms with van der Waals surface area (Å²) in [5, 5.41) is 14.0. The van der Waals surface area contributed by atoms with Crippen LogP contribution in [0.4, 0.5) is 17.2 Å². The first-order valence-corrected chi connectivity index (χ1v) is 11.2. The fourth-order valence-electron chi connectivity index (χ4n) is 3.58. The number of fused-ring (bicyclic) bond motifs is 1. The fourth-order valence-corrected chi connectivity index (χ4v) is 4.66. The number of carbonyl (C=O) groups excluding carboxylic acids is 1. The van der Waals surface area contributed by atoms with Crippen LogP contribution in [-0.2, 0) is 21.2 Å². The molecule has 1 amide bonds. The van der Waals surface area contributed by atoms with Gasteiger partial charge in [-0.1, -0.05) is 0 Å². The van der Waals surface area contributed by atoms with E-state index in [0.29, 0.717) is 30.9 Å². The maximum atomic E-state index is 12.6. The van der Waals surface area contributed by atoms with Crippen molar-refractivity contribution in [1.29, 1.82) is 0 Å². The molecule has 3 heterocycles. The lowest BCUT2D eigenvalue weighted by Crippen LogP contribution is -2.29. The second-order valence-corrected chi connectivity index (χ2v) is 8.95. The number of rotatable bonds is 7. The zero-order valence-corrected chi connectivity index (χ0v) is 16.8. The number of benzene rings is 1. The Morgan fingerprint density at radius 3 is 2.76 bits per heavy atom. The summed E-state index contributed by atoms with van der Waals surface area (Å²) in [6.07, 6.45) is 5.02. The van der Waals surface area contributed by atoms with E-state index >= 15 is 0 Å². The molecule has 0 spiro atoms. The Morgan fingerprint density at radius 1 is 1.10 bits per heavy atom. The molecule has 1 aromatic heterocycles. The molecule has 2 aliphatic rings. The number of carbonyl (C=O) groups is 1. The summed E-state index contributed by atoms with van der Waals surface area (Å²) >= 11 is 0. The van der Waals surface area contributed by atoms with E-state index in [-0.39, 0.29) is 17.3 Å². The lowest BCUT2D eigenvalue weighted by molar-refractivity contribution is -0.116. The molecule has 29 heavy (non-hydrogen) atoms. The minimum atomic E-state index is -3.63. The lowest BCUT2D eigenvalue weighted by Gasteiger charge is -2.18.